The van der Waals surface area contributed by atoms with Crippen molar-refractivity contribution in [2.24, 2.45) is 5.92 Å². The van der Waals surface area contributed by atoms with Crippen LogP contribution in [-0.4, -0.2) is 42.9 Å². The first-order valence-corrected chi connectivity index (χ1v) is 8.32. The van der Waals surface area contributed by atoms with Gasteiger partial charge in [-0.25, -0.2) is 0 Å². The summed E-state index contributed by atoms with van der Waals surface area (Å²) in [5, 5.41) is 0. The van der Waals surface area contributed by atoms with Crippen molar-refractivity contribution in [1.29, 1.82) is 0 Å². The largest absolute Gasteiger partial charge is 0.465 e. The molecule has 3 atom stereocenters. The van der Waals surface area contributed by atoms with Gasteiger partial charge in [0.15, 0.2) is 0 Å². The molecule has 2 bridgehead atoms. The van der Waals surface area contributed by atoms with E-state index in [1.54, 1.807) is 0 Å². The van der Waals surface area contributed by atoms with Gasteiger partial charge in [0, 0.05) is 19.2 Å². The number of nitrogens with zero attached hydrogens (tertiary/aromatic N) is 1. The molecule has 0 spiro atoms. The van der Waals surface area contributed by atoms with E-state index in [4.69, 9.17) is 13.9 Å². The monoisotopic (exact) mass is 291 g/mol. The standard InChI is InChI=1S/C17H25NO3/c1-12-2-5-14(21-12)10-18-8-9-19-16-7-6-15(18)17(16)20-11-13-3-4-13/h2,5,13,15-17H,3-4,6-11H2,1H3. The summed E-state index contributed by atoms with van der Waals surface area (Å²) in [6, 6.07) is 4.62. The average Bonchev–Trinajstić information content (AvgIpc) is 3.10. The van der Waals surface area contributed by atoms with Crippen molar-refractivity contribution in [1.82, 2.24) is 4.90 Å². The molecule has 1 aromatic heterocycles. The quantitative estimate of drug-likeness (QED) is 0.835. The first-order chi connectivity index (χ1) is 10.3. The molecule has 1 aliphatic heterocycles. The first kappa shape index (κ1) is 13.8. The Labute approximate surface area is 126 Å². The molecule has 4 heteroatoms. The summed E-state index contributed by atoms with van der Waals surface area (Å²) < 4.78 is 18.0. The number of rotatable bonds is 5. The topological polar surface area (TPSA) is 34.8 Å². The molecule has 0 amide bonds. The predicted octanol–water partition coefficient (Wildman–Crippen LogP) is 2.75. The molecule has 0 aromatic carbocycles. The van der Waals surface area contributed by atoms with Gasteiger partial charge in [-0.1, -0.05) is 0 Å². The average molecular weight is 291 g/mol. The van der Waals surface area contributed by atoms with Crippen molar-refractivity contribution in [2.45, 2.75) is 57.4 Å². The van der Waals surface area contributed by atoms with Crippen LogP contribution in [0.25, 0.3) is 0 Å². The summed E-state index contributed by atoms with van der Waals surface area (Å²) in [7, 11) is 0. The summed E-state index contributed by atoms with van der Waals surface area (Å²) in [4.78, 5) is 2.50. The lowest BCUT2D eigenvalue weighted by Gasteiger charge is -2.30. The zero-order chi connectivity index (χ0) is 14.2. The highest BCUT2D eigenvalue weighted by Gasteiger charge is 2.43. The second-order valence-corrected chi connectivity index (χ2v) is 6.78. The lowest BCUT2D eigenvalue weighted by molar-refractivity contribution is -0.0574. The Morgan fingerprint density at radius 1 is 1.24 bits per heavy atom. The maximum absolute atomic E-state index is 6.25. The van der Waals surface area contributed by atoms with Gasteiger partial charge in [0.25, 0.3) is 0 Å². The van der Waals surface area contributed by atoms with Gasteiger partial charge in [-0.2, -0.15) is 0 Å². The van der Waals surface area contributed by atoms with Crippen molar-refractivity contribution in [2.75, 3.05) is 19.8 Å². The van der Waals surface area contributed by atoms with Gasteiger partial charge < -0.3 is 13.9 Å². The van der Waals surface area contributed by atoms with Crippen molar-refractivity contribution >= 4 is 0 Å². The third kappa shape index (κ3) is 3.03. The number of aryl methyl sites for hydroxylation is 1. The van der Waals surface area contributed by atoms with E-state index < -0.39 is 0 Å². The van der Waals surface area contributed by atoms with Gasteiger partial charge >= 0.3 is 0 Å². The van der Waals surface area contributed by atoms with E-state index in [1.165, 1.54) is 19.3 Å². The minimum atomic E-state index is 0.254. The third-order valence-corrected chi connectivity index (χ3v) is 5.05. The van der Waals surface area contributed by atoms with E-state index in [-0.39, 0.29) is 6.10 Å². The summed E-state index contributed by atoms with van der Waals surface area (Å²) in [6.07, 6.45) is 5.56. The van der Waals surface area contributed by atoms with Crippen LogP contribution in [0.5, 0.6) is 0 Å². The Bertz CT molecular complexity index is 482. The molecular formula is C17H25NO3. The maximum atomic E-state index is 6.25. The van der Waals surface area contributed by atoms with Crippen molar-refractivity contribution < 1.29 is 13.9 Å². The number of ether oxygens (including phenoxy) is 2. The van der Waals surface area contributed by atoms with E-state index in [0.717, 1.165) is 50.2 Å². The Kier molecular flexibility index (Phi) is 3.78. The molecular weight excluding hydrogens is 266 g/mol. The molecule has 0 N–H and O–H groups in total. The fourth-order valence-electron chi connectivity index (χ4n) is 3.68. The number of hydrogen-bond donors (Lipinski definition) is 0. The molecule has 3 fully saturated rings. The summed E-state index contributed by atoms with van der Waals surface area (Å²) >= 11 is 0. The Morgan fingerprint density at radius 3 is 2.90 bits per heavy atom. The van der Waals surface area contributed by atoms with E-state index in [1.807, 2.05) is 13.0 Å². The van der Waals surface area contributed by atoms with Crippen LogP contribution in [0.4, 0.5) is 0 Å². The minimum absolute atomic E-state index is 0.254. The zero-order valence-corrected chi connectivity index (χ0v) is 12.8. The molecule has 21 heavy (non-hydrogen) atoms. The van der Waals surface area contributed by atoms with Gasteiger partial charge in [0.2, 0.25) is 0 Å². The van der Waals surface area contributed by atoms with Gasteiger partial charge in [0.05, 0.1) is 25.4 Å². The zero-order valence-electron chi connectivity index (χ0n) is 12.8. The summed E-state index contributed by atoms with van der Waals surface area (Å²) in [5.41, 5.74) is 0. The number of furan rings is 1. The van der Waals surface area contributed by atoms with Crippen molar-refractivity contribution in [3.63, 3.8) is 0 Å². The van der Waals surface area contributed by atoms with Gasteiger partial charge in [-0.05, 0) is 50.7 Å². The molecule has 4 nitrogen and oxygen atoms in total. The molecule has 3 unspecified atom stereocenters. The molecule has 2 aliphatic carbocycles. The van der Waals surface area contributed by atoms with Crippen LogP contribution in [0.1, 0.15) is 37.2 Å². The number of fused-ring (bicyclic) bond motifs is 2. The molecule has 4 rings (SSSR count). The molecule has 2 heterocycles. The van der Waals surface area contributed by atoms with Crippen molar-refractivity contribution in [3.8, 4) is 0 Å². The van der Waals surface area contributed by atoms with Gasteiger partial charge in [-0.3, -0.25) is 4.90 Å². The van der Waals surface area contributed by atoms with Crippen LogP contribution in [-0.2, 0) is 16.0 Å². The number of hydrogen-bond acceptors (Lipinski definition) is 4. The van der Waals surface area contributed by atoms with Crippen LogP contribution in [0.2, 0.25) is 0 Å². The van der Waals surface area contributed by atoms with E-state index in [9.17, 15) is 0 Å². The van der Waals surface area contributed by atoms with E-state index >= 15 is 0 Å². The highest BCUT2D eigenvalue weighted by Crippen LogP contribution is 2.35. The summed E-state index contributed by atoms with van der Waals surface area (Å²) in [5.74, 6) is 2.86. The molecule has 1 saturated heterocycles. The molecule has 3 aliphatic rings. The SMILES string of the molecule is Cc1ccc(CN2CCOC3CCC2C3OCC2CC2)o1. The molecule has 2 saturated carbocycles. The maximum Gasteiger partial charge on any atom is 0.118 e. The van der Waals surface area contributed by atoms with E-state index in [0.29, 0.717) is 12.1 Å². The van der Waals surface area contributed by atoms with Crippen molar-refractivity contribution in [3.05, 3.63) is 23.7 Å². The normalized spacial score (nSPS) is 33.3. The Balaban J connectivity index is 1.44. The molecule has 116 valence electrons. The van der Waals surface area contributed by atoms with Crippen LogP contribution < -0.4 is 0 Å². The summed E-state index contributed by atoms with van der Waals surface area (Å²) in [6.45, 7) is 5.59. The van der Waals surface area contributed by atoms with Crippen LogP contribution in [0.15, 0.2) is 16.5 Å². The Hall–Kier alpha value is -0.840. The van der Waals surface area contributed by atoms with E-state index in [2.05, 4.69) is 11.0 Å². The highest BCUT2D eigenvalue weighted by molar-refractivity contribution is 5.06. The fraction of sp³-hybridized carbons (Fsp3) is 0.765. The first-order valence-electron chi connectivity index (χ1n) is 8.32. The van der Waals surface area contributed by atoms with Crippen LogP contribution >= 0.6 is 0 Å². The second-order valence-electron chi connectivity index (χ2n) is 6.78. The molecule has 1 aromatic rings. The third-order valence-electron chi connectivity index (χ3n) is 5.05. The smallest absolute Gasteiger partial charge is 0.118 e. The second kappa shape index (κ2) is 5.75. The highest BCUT2D eigenvalue weighted by atomic mass is 16.5. The van der Waals surface area contributed by atoms with Crippen LogP contribution in [0, 0.1) is 12.8 Å². The van der Waals surface area contributed by atoms with Crippen LogP contribution in [0.3, 0.4) is 0 Å². The Morgan fingerprint density at radius 2 is 2.14 bits per heavy atom. The van der Waals surface area contributed by atoms with Gasteiger partial charge in [-0.15, -0.1) is 0 Å². The van der Waals surface area contributed by atoms with Gasteiger partial charge in [0.1, 0.15) is 11.5 Å². The predicted molar refractivity (Wildman–Crippen MR) is 79.1 cm³/mol. The molecule has 0 radical (unpaired) electrons. The lowest BCUT2D eigenvalue weighted by Crippen LogP contribution is -2.43. The minimum Gasteiger partial charge on any atom is -0.465 e. The lowest BCUT2D eigenvalue weighted by atomic mass is 10.1. The fourth-order valence-corrected chi connectivity index (χ4v) is 3.68.